The topological polar surface area (TPSA) is 105 Å². The van der Waals surface area contributed by atoms with Gasteiger partial charge in [0.15, 0.2) is 0 Å². The number of carbonyl (C=O) groups excluding carboxylic acids is 2. The maximum absolute atomic E-state index is 14.6. The summed E-state index contributed by atoms with van der Waals surface area (Å²) in [6.07, 6.45) is 1.19. The molecule has 5 rings (SSSR count). The maximum Gasteiger partial charge on any atom is 0.272 e. The lowest BCUT2D eigenvalue weighted by atomic mass is 10.1. The van der Waals surface area contributed by atoms with Crippen molar-refractivity contribution in [2.24, 2.45) is 0 Å². The molecule has 1 atom stereocenters. The summed E-state index contributed by atoms with van der Waals surface area (Å²) in [6.45, 7) is 1.93. The highest BCUT2D eigenvalue weighted by atomic mass is 19.1. The van der Waals surface area contributed by atoms with Crippen LogP contribution in [0.15, 0.2) is 47.3 Å². The van der Waals surface area contributed by atoms with E-state index >= 15 is 0 Å². The SMILES string of the molecule is O=C(c1cc(Oc2n[nH]c(=O)c3ccccc23)ccc1F)N1CCN(C(=O)[C@H]2CCCO2)CC1. The smallest absolute Gasteiger partial charge is 0.272 e. The van der Waals surface area contributed by atoms with Gasteiger partial charge in [-0.05, 0) is 43.2 Å². The number of aromatic amines is 1. The molecule has 2 aromatic carbocycles. The van der Waals surface area contributed by atoms with Crippen molar-refractivity contribution >= 4 is 22.6 Å². The molecule has 2 aliphatic heterocycles. The molecule has 176 valence electrons. The van der Waals surface area contributed by atoms with E-state index in [0.29, 0.717) is 43.6 Å². The largest absolute Gasteiger partial charge is 0.437 e. The Morgan fingerprint density at radius 2 is 1.79 bits per heavy atom. The zero-order valence-electron chi connectivity index (χ0n) is 18.3. The summed E-state index contributed by atoms with van der Waals surface area (Å²) in [4.78, 5) is 40.8. The number of fused-ring (bicyclic) bond motifs is 1. The minimum Gasteiger partial charge on any atom is -0.437 e. The van der Waals surface area contributed by atoms with Gasteiger partial charge in [-0.3, -0.25) is 14.4 Å². The molecule has 0 unspecified atom stereocenters. The van der Waals surface area contributed by atoms with Crippen molar-refractivity contribution in [3.8, 4) is 11.6 Å². The van der Waals surface area contributed by atoms with Crippen molar-refractivity contribution < 1.29 is 23.5 Å². The van der Waals surface area contributed by atoms with E-state index in [4.69, 9.17) is 9.47 Å². The van der Waals surface area contributed by atoms with Crippen molar-refractivity contribution in [1.82, 2.24) is 20.0 Å². The Morgan fingerprint density at radius 1 is 1.06 bits per heavy atom. The molecule has 2 amide bonds. The van der Waals surface area contributed by atoms with Gasteiger partial charge in [-0.1, -0.05) is 12.1 Å². The number of H-pyrrole nitrogens is 1. The van der Waals surface area contributed by atoms with E-state index < -0.39 is 17.8 Å². The predicted octanol–water partition coefficient (Wildman–Crippen LogP) is 2.32. The van der Waals surface area contributed by atoms with Gasteiger partial charge < -0.3 is 19.3 Å². The fraction of sp³-hybridized carbons (Fsp3) is 0.333. The summed E-state index contributed by atoms with van der Waals surface area (Å²) >= 11 is 0. The third-order valence-electron chi connectivity index (χ3n) is 6.13. The molecule has 1 aromatic heterocycles. The van der Waals surface area contributed by atoms with Gasteiger partial charge in [-0.25, -0.2) is 9.49 Å². The Balaban J connectivity index is 1.31. The van der Waals surface area contributed by atoms with Crippen LogP contribution in [0, 0.1) is 5.82 Å². The zero-order chi connectivity index (χ0) is 23.7. The second kappa shape index (κ2) is 9.22. The summed E-state index contributed by atoms with van der Waals surface area (Å²) in [5.41, 5.74) is -0.486. The average molecular weight is 466 g/mol. The second-order valence-electron chi connectivity index (χ2n) is 8.27. The number of amides is 2. The van der Waals surface area contributed by atoms with Crippen LogP contribution in [0.25, 0.3) is 10.8 Å². The molecule has 0 radical (unpaired) electrons. The number of aromatic nitrogens is 2. The van der Waals surface area contributed by atoms with Crippen molar-refractivity contribution in [2.75, 3.05) is 32.8 Å². The van der Waals surface area contributed by atoms with Crippen LogP contribution in [0.1, 0.15) is 23.2 Å². The molecular formula is C24H23FN4O5. The number of halogens is 1. The standard InChI is InChI=1S/C24H23FN4O5/c25-19-8-7-15(34-22-17-5-2-1-4-16(17)21(30)26-27-22)14-18(19)23(31)28-9-11-29(12-10-28)24(32)20-6-3-13-33-20/h1-2,4-5,7-8,14,20H,3,6,9-13H2,(H,26,30)/t20-/m1/s1. The number of benzene rings is 2. The fourth-order valence-electron chi connectivity index (χ4n) is 4.29. The lowest BCUT2D eigenvalue weighted by Gasteiger charge is -2.35. The van der Waals surface area contributed by atoms with E-state index in [9.17, 15) is 18.8 Å². The molecule has 9 nitrogen and oxygen atoms in total. The van der Waals surface area contributed by atoms with Gasteiger partial charge >= 0.3 is 0 Å². The molecule has 0 saturated carbocycles. The zero-order valence-corrected chi connectivity index (χ0v) is 18.3. The average Bonchev–Trinajstić information content (AvgIpc) is 3.41. The predicted molar refractivity (Wildman–Crippen MR) is 120 cm³/mol. The summed E-state index contributed by atoms with van der Waals surface area (Å²) < 4.78 is 25.8. The van der Waals surface area contributed by atoms with E-state index in [0.717, 1.165) is 18.9 Å². The van der Waals surface area contributed by atoms with Gasteiger partial charge in [0.2, 0.25) is 5.88 Å². The number of hydrogen-bond donors (Lipinski definition) is 1. The van der Waals surface area contributed by atoms with E-state index in [1.54, 1.807) is 29.2 Å². The van der Waals surface area contributed by atoms with Gasteiger partial charge in [0.25, 0.3) is 17.4 Å². The number of hydrogen-bond acceptors (Lipinski definition) is 6. The van der Waals surface area contributed by atoms with Crippen LogP contribution in [0.4, 0.5) is 4.39 Å². The first-order chi connectivity index (χ1) is 16.5. The van der Waals surface area contributed by atoms with Crippen molar-refractivity contribution in [1.29, 1.82) is 0 Å². The first-order valence-electron chi connectivity index (χ1n) is 11.2. The number of carbonyl (C=O) groups is 2. The molecule has 1 N–H and O–H groups in total. The highest BCUT2D eigenvalue weighted by molar-refractivity contribution is 5.95. The molecule has 2 fully saturated rings. The van der Waals surface area contributed by atoms with Crippen LogP contribution >= 0.6 is 0 Å². The Hall–Kier alpha value is -3.79. The van der Waals surface area contributed by atoms with Crippen LogP contribution < -0.4 is 10.3 Å². The Morgan fingerprint density at radius 3 is 2.53 bits per heavy atom. The van der Waals surface area contributed by atoms with Crippen LogP contribution in [0.5, 0.6) is 11.6 Å². The number of rotatable bonds is 4. The number of nitrogens with zero attached hydrogens (tertiary/aromatic N) is 3. The summed E-state index contributed by atoms with van der Waals surface area (Å²) in [6, 6.07) is 10.7. The first-order valence-corrected chi connectivity index (χ1v) is 11.2. The van der Waals surface area contributed by atoms with Gasteiger partial charge in [0, 0.05) is 32.8 Å². The van der Waals surface area contributed by atoms with E-state index in [1.807, 2.05) is 0 Å². The van der Waals surface area contributed by atoms with Crippen LogP contribution in [0.2, 0.25) is 0 Å². The Kier molecular flexibility index (Phi) is 5.97. The van der Waals surface area contributed by atoms with Gasteiger partial charge in [0.1, 0.15) is 17.7 Å². The minimum atomic E-state index is -0.672. The quantitative estimate of drug-likeness (QED) is 0.633. The maximum atomic E-state index is 14.6. The first kappa shape index (κ1) is 22.0. The third-order valence-corrected chi connectivity index (χ3v) is 6.13. The van der Waals surface area contributed by atoms with E-state index in [1.165, 1.54) is 17.0 Å². The highest BCUT2D eigenvalue weighted by Crippen LogP contribution is 2.27. The molecule has 2 aliphatic rings. The van der Waals surface area contributed by atoms with Gasteiger partial charge in [0.05, 0.1) is 16.3 Å². The van der Waals surface area contributed by atoms with E-state index in [-0.39, 0.29) is 28.7 Å². The van der Waals surface area contributed by atoms with E-state index in [2.05, 4.69) is 10.2 Å². The summed E-state index contributed by atoms with van der Waals surface area (Å²) in [5, 5.41) is 7.23. The van der Waals surface area contributed by atoms with Crippen LogP contribution in [-0.4, -0.2) is 70.7 Å². The summed E-state index contributed by atoms with van der Waals surface area (Å²) in [5.74, 6) is -0.851. The minimum absolute atomic E-state index is 0.0493. The number of ether oxygens (including phenoxy) is 2. The third kappa shape index (κ3) is 4.24. The molecular weight excluding hydrogens is 443 g/mol. The molecule has 3 heterocycles. The number of piperazine rings is 1. The normalized spacial score (nSPS) is 18.3. The molecule has 34 heavy (non-hydrogen) atoms. The van der Waals surface area contributed by atoms with Crippen LogP contribution in [0.3, 0.4) is 0 Å². The Labute approximate surface area is 194 Å². The second-order valence-corrected chi connectivity index (χ2v) is 8.27. The monoisotopic (exact) mass is 466 g/mol. The molecule has 0 spiro atoms. The molecule has 0 bridgehead atoms. The molecule has 0 aliphatic carbocycles. The summed E-state index contributed by atoms with van der Waals surface area (Å²) in [7, 11) is 0. The molecule has 2 saturated heterocycles. The molecule has 3 aromatic rings. The Bertz CT molecular complexity index is 1300. The van der Waals surface area contributed by atoms with Crippen molar-refractivity contribution in [3.05, 3.63) is 64.2 Å². The van der Waals surface area contributed by atoms with Crippen molar-refractivity contribution in [2.45, 2.75) is 18.9 Å². The lowest BCUT2D eigenvalue weighted by molar-refractivity contribution is -0.142. The fourth-order valence-corrected chi connectivity index (χ4v) is 4.29. The molecule has 10 heteroatoms. The highest BCUT2D eigenvalue weighted by Gasteiger charge is 2.32. The lowest BCUT2D eigenvalue weighted by Crippen LogP contribution is -2.52. The van der Waals surface area contributed by atoms with Gasteiger partial charge in [-0.2, -0.15) is 0 Å². The van der Waals surface area contributed by atoms with Gasteiger partial charge in [-0.15, -0.1) is 5.10 Å². The van der Waals surface area contributed by atoms with Crippen LogP contribution in [-0.2, 0) is 9.53 Å². The van der Waals surface area contributed by atoms with Crippen molar-refractivity contribution in [3.63, 3.8) is 0 Å². The number of nitrogens with one attached hydrogen (secondary N) is 1.